The van der Waals surface area contributed by atoms with Crippen molar-refractivity contribution in [2.45, 2.75) is 45.6 Å². The van der Waals surface area contributed by atoms with Crippen LogP contribution in [-0.2, 0) is 11.2 Å². The predicted octanol–water partition coefficient (Wildman–Crippen LogP) is 2.74. The molecule has 0 atom stereocenters. The van der Waals surface area contributed by atoms with E-state index < -0.39 is 5.54 Å². The van der Waals surface area contributed by atoms with Gasteiger partial charge in [0.15, 0.2) is 0 Å². The van der Waals surface area contributed by atoms with E-state index in [0.717, 1.165) is 11.1 Å². The highest BCUT2D eigenvalue weighted by Crippen LogP contribution is 2.15. The van der Waals surface area contributed by atoms with Crippen molar-refractivity contribution in [1.29, 1.82) is 5.26 Å². The molecule has 0 aliphatic carbocycles. The molecule has 0 saturated carbocycles. The number of aryl methyl sites for hydroxylation is 1. The normalized spacial score (nSPS) is 10.8. The van der Waals surface area contributed by atoms with Crippen LogP contribution >= 0.6 is 0 Å². The van der Waals surface area contributed by atoms with Crippen LogP contribution in [0, 0.1) is 18.3 Å². The van der Waals surface area contributed by atoms with E-state index in [-0.39, 0.29) is 5.91 Å². The largest absolute Gasteiger partial charge is 0.338 e. The SMILES string of the molecule is CCC(C#N)(CC)NC(=O)Cc1ccccc1C. The molecule has 3 heteroatoms. The number of carbonyl (C=O) groups is 1. The molecule has 0 fully saturated rings. The van der Waals surface area contributed by atoms with Crippen LogP contribution in [0.5, 0.6) is 0 Å². The van der Waals surface area contributed by atoms with Crippen molar-refractivity contribution in [2.75, 3.05) is 0 Å². The van der Waals surface area contributed by atoms with Gasteiger partial charge < -0.3 is 5.32 Å². The van der Waals surface area contributed by atoms with Gasteiger partial charge in [-0.15, -0.1) is 0 Å². The molecular formula is C15H20N2O. The summed E-state index contributed by atoms with van der Waals surface area (Å²) in [5, 5.41) is 12.0. The summed E-state index contributed by atoms with van der Waals surface area (Å²) in [6, 6.07) is 10.0. The van der Waals surface area contributed by atoms with Gasteiger partial charge >= 0.3 is 0 Å². The van der Waals surface area contributed by atoms with E-state index in [1.165, 1.54) is 0 Å². The second-order valence-electron chi connectivity index (χ2n) is 4.55. The van der Waals surface area contributed by atoms with Crippen molar-refractivity contribution in [3.8, 4) is 6.07 Å². The first kappa shape index (κ1) is 14.2. The van der Waals surface area contributed by atoms with Crippen LogP contribution < -0.4 is 5.32 Å². The van der Waals surface area contributed by atoms with Crippen LogP contribution in [0.1, 0.15) is 37.8 Å². The number of carbonyl (C=O) groups excluding carboxylic acids is 1. The quantitative estimate of drug-likeness (QED) is 0.865. The van der Waals surface area contributed by atoms with Crippen LogP contribution in [0.4, 0.5) is 0 Å². The Morgan fingerprint density at radius 2 is 1.94 bits per heavy atom. The molecule has 3 nitrogen and oxygen atoms in total. The fraction of sp³-hybridized carbons (Fsp3) is 0.467. The van der Waals surface area contributed by atoms with E-state index in [2.05, 4.69) is 11.4 Å². The van der Waals surface area contributed by atoms with Crippen LogP contribution in [0.2, 0.25) is 0 Å². The maximum Gasteiger partial charge on any atom is 0.225 e. The highest BCUT2D eigenvalue weighted by atomic mass is 16.1. The lowest BCUT2D eigenvalue weighted by Crippen LogP contribution is -2.47. The third kappa shape index (κ3) is 3.33. The molecule has 0 bridgehead atoms. The summed E-state index contributed by atoms with van der Waals surface area (Å²) in [7, 11) is 0. The number of amides is 1. The zero-order valence-corrected chi connectivity index (χ0v) is 11.3. The molecule has 0 aliphatic rings. The minimum absolute atomic E-state index is 0.0884. The fourth-order valence-corrected chi connectivity index (χ4v) is 1.91. The maximum atomic E-state index is 12.0. The second-order valence-corrected chi connectivity index (χ2v) is 4.55. The van der Waals surface area contributed by atoms with Gasteiger partial charge in [0.1, 0.15) is 5.54 Å². The van der Waals surface area contributed by atoms with Gasteiger partial charge in [0.05, 0.1) is 12.5 Å². The molecule has 0 heterocycles. The Kier molecular flexibility index (Phi) is 4.91. The number of benzene rings is 1. The molecule has 0 aliphatic heterocycles. The third-order valence-electron chi connectivity index (χ3n) is 3.41. The summed E-state index contributed by atoms with van der Waals surface area (Å²) in [5.74, 6) is -0.0884. The molecule has 0 spiro atoms. The molecule has 18 heavy (non-hydrogen) atoms. The number of nitrogens with zero attached hydrogens (tertiary/aromatic N) is 1. The number of nitriles is 1. The number of nitrogens with one attached hydrogen (secondary N) is 1. The van der Waals surface area contributed by atoms with Gasteiger partial charge in [-0.25, -0.2) is 0 Å². The van der Waals surface area contributed by atoms with Crippen molar-refractivity contribution < 1.29 is 4.79 Å². The summed E-state index contributed by atoms with van der Waals surface area (Å²) in [6.07, 6.45) is 1.58. The molecule has 1 rings (SSSR count). The van der Waals surface area contributed by atoms with Gasteiger partial charge in [0.25, 0.3) is 0 Å². The molecule has 1 N–H and O–H groups in total. The highest BCUT2D eigenvalue weighted by molar-refractivity contribution is 5.80. The minimum atomic E-state index is -0.722. The van der Waals surface area contributed by atoms with Gasteiger partial charge in [-0.3, -0.25) is 4.79 Å². The van der Waals surface area contributed by atoms with Gasteiger partial charge in [0, 0.05) is 0 Å². The molecule has 0 unspecified atom stereocenters. The lowest BCUT2D eigenvalue weighted by Gasteiger charge is -2.25. The molecule has 0 saturated heterocycles. The monoisotopic (exact) mass is 244 g/mol. The average molecular weight is 244 g/mol. The standard InChI is InChI=1S/C15H20N2O/c1-4-15(5-2,11-16)17-14(18)10-13-9-7-6-8-12(13)3/h6-9H,4-5,10H2,1-3H3,(H,17,18). The molecular weight excluding hydrogens is 224 g/mol. The Hall–Kier alpha value is -1.82. The lowest BCUT2D eigenvalue weighted by atomic mass is 9.94. The summed E-state index contributed by atoms with van der Waals surface area (Å²) in [4.78, 5) is 12.0. The zero-order valence-electron chi connectivity index (χ0n) is 11.3. The highest BCUT2D eigenvalue weighted by Gasteiger charge is 2.27. The summed E-state index contributed by atoms with van der Waals surface area (Å²) < 4.78 is 0. The third-order valence-corrected chi connectivity index (χ3v) is 3.41. The predicted molar refractivity (Wildman–Crippen MR) is 72.0 cm³/mol. The Balaban J connectivity index is 2.74. The first-order chi connectivity index (χ1) is 8.56. The molecule has 96 valence electrons. The van der Waals surface area contributed by atoms with Gasteiger partial charge in [0.2, 0.25) is 5.91 Å². The first-order valence-corrected chi connectivity index (χ1v) is 6.33. The molecule has 1 amide bonds. The second kappa shape index (κ2) is 6.20. The Morgan fingerprint density at radius 3 is 2.44 bits per heavy atom. The van der Waals surface area contributed by atoms with E-state index in [9.17, 15) is 10.1 Å². The van der Waals surface area contributed by atoms with E-state index >= 15 is 0 Å². The van der Waals surface area contributed by atoms with Crippen LogP contribution in [0.15, 0.2) is 24.3 Å². The maximum absolute atomic E-state index is 12.0. The minimum Gasteiger partial charge on any atom is -0.338 e. The van der Waals surface area contributed by atoms with Crippen molar-refractivity contribution in [3.63, 3.8) is 0 Å². The van der Waals surface area contributed by atoms with Gasteiger partial charge in [-0.1, -0.05) is 38.1 Å². The summed E-state index contributed by atoms with van der Waals surface area (Å²) >= 11 is 0. The number of hydrogen-bond acceptors (Lipinski definition) is 2. The summed E-state index contributed by atoms with van der Waals surface area (Å²) in [6.45, 7) is 5.82. The summed E-state index contributed by atoms with van der Waals surface area (Å²) in [5.41, 5.74) is 1.39. The van der Waals surface area contributed by atoms with E-state index in [0.29, 0.717) is 19.3 Å². The van der Waals surface area contributed by atoms with Crippen molar-refractivity contribution in [2.24, 2.45) is 0 Å². The smallest absolute Gasteiger partial charge is 0.225 e. The van der Waals surface area contributed by atoms with Crippen molar-refractivity contribution in [3.05, 3.63) is 35.4 Å². The van der Waals surface area contributed by atoms with Crippen LogP contribution in [-0.4, -0.2) is 11.4 Å². The van der Waals surface area contributed by atoms with E-state index in [1.54, 1.807) is 0 Å². The van der Waals surface area contributed by atoms with E-state index in [1.807, 2.05) is 45.0 Å². The molecule has 0 aromatic heterocycles. The average Bonchev–Trinajstić information content (AvgIpc) is 2.39. The first-order valence-electron chi connectivity index (χ1n) is 6.33. The van der Waals surface area contributed by atoms with Crippen molar-refractivity contribution in [1.82, 2.24) is 5.32 Å². The van der Waals surface area contributed by atoms with Crippen LogP contribution in [0.3, 0.4) is 0 Å². The Bertz CT molecular complexity index is 456. The Morgan fingerprint density at radius 1 is 1.33 bits per heavy atom. The van der Waals surface area contributed by atoms with E-state index in [4.69, 9.17) is 0 Å². The van der Waals surface area contributed by atoms with Gasteiger partial charge in [-0.2, -0.15) is 5.26 Å². The van der Waals surface area contributed by atoms with Gasteiger partial charge in [-0.05, 0) is 30.9 Å². The molecule has 0 radical (unpaired) electrons. The Labute approximate surface area is 109 Å². The molecule has 1 aromatic carbocycles. The number of hydrogen-bond donors (Lipinski definition) is 1. The fourth-order valence-electron chi connectivity index (χ4n) is 1.91. The number of rotatable bonds is 5. The van der Waals surface area contributed by atoms with Crippen molar-refractivity contribution >= 4 is 5.91 Å². The zero-order chi connectivity index (χ0) is 13.6. The van der Waals surface area contributed by atoms with Crippen LogP contribution in [0.25, 0.3) is 0 Å². The molecule has 1 aromatic rings. The lowest BCUT2D eigenvalue weighted by molar-refractivity contribution is -0.121. The topological polar surface area (TPSA) is 52.9 Å².